The van der Waals surface area contributed by atoms with Gasteiger partial charge in [0, 0.05) is 61.7 Å². The Morgan fingerprint density at radius 1 is 0.710 bits per heavy atom. The van der Waals surface area contributed by atoms with Crippen molar-refractivity contribution in [1.29, 1.82) is 0 Å². The number of methoxy groups -OCH3 is 1. The molecular formula is C64H87F3N12O12S2. The van der Waals surface area contributed by atoms with E-state index in [1.165, 1.54) is 26.0 Å². The number of ether oxygens (including phenoxy) is 1. The van der Waals surface area contributed by atoms with Crippen LogP contribution in [0, 0.1) is 0 Å². The number of nitrogens with two attached hydrogens (primary N) is 3. The number of unbranched alkanes of at least 4 members (excludes halogenated alkanes) is 2. The van der Waals surface area contributed by atoms with Gasteiger partial charge < -0.3 is 84.3 Å². The van der Waals surface area contributed by atoms with Gasteiger partial charge in [0.1, 0.15) is 42.9 Å². The van der Waals surface area contributed by atoms with Gasteiger partial charge in [0.05, 0.1) is 42.2 Å². The first-order valence-electron chi connectivity index (χ1n) is 30.5. The number of fused-ring (bicyclic) bond motifs is 1. The van der Waals surface area contributed by atoms with Crippen molar-refractivity contribution in [2.75, 3.05) is 51.5 Å². The molecule has 0 bridgehead atoms. The molecule has 1 fully saturated rings. The zero-order valence-corrected chi connectivity index (χ0v) is 53.8. The van der Waals surface area contributed by atoms with Crippen molar-refractivity contribution >= 4 is 79.6 Å². The Bertz CT molecular complexity index is 3170. The van der Waals surface area contributed by atoms with Crippen molar-refractivity contribution < 1.29 is 71.6 Å². The van der Waals surface area contributed by atoms with Gasteiger partial charge in [-0.15, -0.1) is 0 Å². The first-order chi connectivity index (χ1) is 44.6. The molecule has 4 aromatic carbocycles. The number of H-pyrrole nitrogens is 1. The number of oxime groups is 1. The molecule has 0 saturated carbocycles. The summed E-state index contributed by atoms with van der Waals surface area (Å²) in [5.41, 5.74) is 20.9. The van der Waals surface area contributed by atoms with Crippen LogP contribution < -0.4 is 54.4 Å². The number of para-hydroxylation sites is 1. The molecule has 93 heavy (non-hydrogen) atoms. The smallest absolute Gasteiger partial charge is 0.394 e. The van der Waals surface area contributed by atoms with Gasteiger partial charge in [-0.1, -0.05) is 118 Å². The lowest BCUT2D eigenvalue weighted by molar-refractivity contribution is -0.137. The lowest BCUT2D eigenvalue weighted by Gasteiger charge is -2.29. The van der Waals surface area contributed by atoms with E-state index in [0.717, 1.165) is 63.0 Å². The molecule has 6 rings (SSSR count). The van der Waals surface area contributed by atoms with Crippen molar-refractivity contribution in [3.05, 3.63) is 143 Å². The first kappa shape index (κ1) is 76.1. The maximum atomic E-state index is 14.7. The Morgan fingerprint density at radius 3 is 1.95 bits per heavy atom. The molecule has 5 aromatic rings. The lowest BCUT2D eigenvalue weighted by Crippen LogP contribution is -2.62. The maximum absolute atomic E-state index is 14.7. The second-order valence-electron chi connectivity index (χ2n) is 22.2. The van der Waals surface area contributed by atoms with Gasteiger partial charge in [-0.3, -0.25) is 33.6 Å². The van der Waals surface area contributed by atoms with Crippen LogP contribution in [0.3, 0.4) is 0 Å². The van der Waals surface area contributed by atoms with Crippen LogP contribution in [-0.2, 0) is 68.6 Å². The van der Waals surface area contributed by atoms with E-state index in [2.05, 4.69) is 47.4 Å². The number of rotatable bonds is 26. The average Bonchev–Trinajstić information content (AvgIpc) is 1.79. The summed E-state index contributed by atoms with van der Waals surface area (Å²) in [6.07, 6.45) is -2.26. The van der Waals surface area contributed by atoms with Crippen molar-refractivity contribution in [3.63, 3.8) is 0 Å². The number of hydrogen-bond acceptors (Lipinski definition) is 18. The average molecular weight is 1340 g/mol. The highest BCUT2D eigenvalue weighted by molar-refractivity contribution is 8.76. The third kappa shape index (κ3) is 25.7. The van der Waals surface area contributed by atoms with E-state index in [0.29, 0.717) is 54.8 Å². The molecule has 2 heterocycles. The molecule has 10 atom stereocenters. The molecule has 1 aliphatic heterocycles. The summed E-state index contributed by atoms with van der Waals surface area (Å²) in [4.78, 5) is 108. The first-order valence-corrected chi connectivity index (χ1v) is 33.0. The minimum absolute atomic E-state index is 0.0340. The molecular weight excluding hydrogens is 1250 g/mol. The second kappa shape index (κ2) is 39.8. The number of carbonyl (C=O) groups is 7. The van der Waals surface area contributed by atoms with E-state index >= 15 is 0 Å². The van der Waals surface area contributed by atoms with Crippen molar-refractivity contribution in [2.24, 2.45) is 22.4 Å². The maximum Gasteiger partial charge on any atom is 0.416 e. The summed E-state index contributed by atoms with van der Waals surface area (Å²) < 4.78 is 42.7. The fourth-order valence-corrected chi connectivity index (χ4v) is 11.9. The topological polar surface area (TPSA) is 389 Å². The molecule has 0 aliphatic carbocycles. The Hall–Kier alpha value is -7.61. The minimum Gasteiger partial charge on any atom is -0.394 e. The van der Waals surface area contributed by atoms with Crippen LogP contribution >= 0.6 is 21.6 Å². The van der Waals surface area contributed by atoms with Crippen molar-refractivity contribution in [1.82, 2.24) is 42.2 Å². The van der Waals surface area contributed by atoms with Crippen LogP contribution in [-0.4, -0.2) is 179 Å². The third-order valence-corrected chi connectivity index (χ3v) is 17.2. The van der Waals surface area contributed by atoms with Gasteiger partial charge in [0.15, 0.2) is 0 Å². The number of aromatic amines is 1. The van der Waals surface area contributed by atoms with E-state index in [-0.39, 0.29) is 50.3 Å². The van der Waals surface area contributed by atoms with Gasteiger partial charge in [0.2, 0.25) is 41.4 Å². The number of hydrogen-bond donors (Lipinski definition) is 14. The molecule has 29 heteroatoms. The van der Waals surface area contributed by atoms with E-state index in [1.807, 2.05) is 30.3 Å². The molecule has 0 radical (unpaired) electrons. The van der Waals surface area contributed by atoms with E-state index in [9.17, 15) is 62.1 Å². The predicted octanol–water partition coefficient (Wildman–Crippen LogP) is 2.40. The number of halogens is 3. The van der Waals surface area contributed by atoms with Gasteiger partial charge >= 0.3 is 6.18 Å². The standard InChI is InChI=1S/C49H66N10O10S2.C15H21F3N2O2/c1-28(61)39(25-60)56-48(68)41-27-71-70-26-40(57-43(63)34(51)21-30-13-5-3-6-14-30)47(67)54-37(22-31-15-7-4-8-16-31)45(65)55-38(23-32-24-52-35-18-10-9-17-33(32)35)46(66)53-36(19-11-12-20-50)44(64)59-42(29(2)62)49(69)58-41;1-21-10-3-2-4-14(20-22-11-9-19)12-5-7-13(8-6-12)15(16,17)18/h3-10,13-18,24,28-29,34,36-42,52,60-62H,11-12,19-23,25-27,50-51H2,1-2H3,(H,53,66)(H,54,67)(H,55,65)(H,56,68)(H,57,63)(H,58,69)(H,59,64);5-8H,2-4,9-11,19H2,1H3/b;20-14+/t28-,29?,34-,36+,37+,38-,39-,40+,41+,42+;/m1./s1. The van der Waals surface area contributed by atoms with Crippen LogP contribution in [0.1, 0.15) is 80.2 Å². The Balaban J connectivity index is 0.000000601. The third-order valence-electron chi connectivity index (χ3n) is 14.8. The van der Waals surface area contributed by atoms with Crippen molar-refractivity contribution in [2.45, 2.75) is 138 Å². The fourth-order valence-electron chi connectivity index (χ4n) is 9.54. The van der Waals surface area contributed by atoms with Crippen LogP contribution in [0.15, 0.2) is 121 Å². The highest BCUT2D eigenvalue weighted by Crippen LogP contribution is 2.30. The van der Waals surface area contributed by atoms with Crippen LogP contribution in [0.2, 0.25) is 0 Å². The number of aliphatic hydroxyl groups excluding tert-OH is 3. The van der Waals surface area contributed by atoms with Gasteiger partial charge in [-0.2, -0.15) is 13.2 Å². The number of aliphatic hydroxyl groups is 3. The number of alkyl halides is 3. The molecule has 0 spiro atoms. The molecule has 1 aliphatic rings. The summed E-state index contributed by atoms with van der Waals surface area (Å²) in [7, 11) is 3.68. The zero-order valence-electron chi connectivity index (χ0n) is 52.2. The SMILES string of the molecule is CC(O)[C@@H]1NC(=O)[C@H](CCCCN)NC(=O)[C@@H](Cc2c[nH]c3ccccc23)NC(=O)[C@H](Cc2ccccc2)NC(=O)[C@@H](NC(=O)[C@H](N)Cc2ccccc2)CSSC[C@@H](C(=O)N[C@H](CO)[C@@H](C)O)NC1=O.COCCCC/C(=N\OCCN)c1ccc(C(F)(F)F)cc1. The molecule has 1 aromatic heterocycles. The fraction of sp³-hybridized carbons (Fsp3) is 0.469. The molecule has 17 N–H and O–H groups in total. The van der Waals surface area contributed by atoms with Crippen LogP contribution in [0.4, 0.5) is 13.2 Å². The van der Waals surface area contributed by atoms with Gasteiger partial charge in [-0.25, -0.2) is 0 Å². The summed E-state index contributed by atoms with van der Waals surface area (Å²) in [5.74, 6) is -6.01. The monoisotopic (exact) mass is 1340 g/mol. The number of nitrogens with one attached hydrogen (secondary N) is 8. The number of nitrogens with zero attached hydrogens (tertiary/aromatic N) is 1. The highest BCUT2D eigenvalue weighted by atomic mass is 33.1. The molecule has 24 nitrogen and oxygen atoms in total. The zero-order chi connectivity index (χ0) is 67.9. The normalized spacial score (nSPS) is 20.4. The van der Waals surface area contributed by atoms with E-state index in [4.69, 9.17) is 26.8 Å². The highest BCUT2D eigenvalue weighted by Gasteiger charge is 2.37. The largest absolute Gasteiger partial charge is 0.416 e. The van der Waals surface area contributed by atoms with Crippen LogP contribution in [0.5, 0.6) is 0 Å². The minimum atomic E-state index is -4.34. The Kier molecular flexibility index (Phi) is 32.6. The van der Waals surface area contributed by atoms with Crippen LogP contribution in [0.25, 0.3) is 10.9 Å². The summed E-state index contributed by atoms with van der Waals surface area (Å²) in [5, 5.41) is 54.5. The quantitative estimate of drug-likeness (QED) is 0.0164. The summed E-state index contributed by atoms with van der Waals surface area (Å²) >= 11 is 0. The predicted molar refractivity (Wildman–Crippen MR) is 351 cm³/mol. The molecule has 7 amide bonds. The summed E-state index contributed by atoms with van der Waals surface area (Å²) in [6.45, 7) is 3.45. The second-order valence-corrected chi connectivity index (χ2v) is 24.7. The number of aromatic nitrogens is 1. The van der Waals surface area contributed by atoms with Gasteiger partial charge in [0.25, 0.3) is 0 Å². The molecule has 1 unspecified atom stereocenters. The van der Waals surface area contributed by atoms with E-state index < -0.39 is 120 Å². The Morgan fingerprint density at radius 2 is 1.32 bits per heavy atom. The number of carbonyl (C=O) groups excluding carboxylic acids is 7. The number of amides is 7. The molecule has 1 saturated heterocycles. The lowest BCUT2D eigenvalue weighted by atomic mass is 10.0. The van der Waals surface area contributed by atoms with E-state index in [1.54, 1.807) is 67.9 Å². The Labute approximate surface area is 546 Å². The molecule has 508 valence electrons. The summed E-state index contributed by atoms with van der Waals surface area (Å²) in [6, 6.07) is 19.5. The van der Waals surface area contributed by atoms with Crippen molar-refractivity contribution in [3.8, 4) is 0 Å². The number of benzene rings is 4. The van der Waals surface area contributed by atoms with Gasteiger partial charge in [-0.05, 0) is 106 Å².